The monoisotopic (exact) mass is 381 g/mol. The zero-order chi connectivity index (χ0) is 19.3. The van der Waals surface area contributed by atoms with Gasteiger partial charge >= 0.3 is 0 Å². The van der Waals surface area contributed by atoms with Crippen molar-refractivity contribution in [3.63, 3.8) is 0 Å². The van der Waals surface area contributed by atoms with Crippen LogP contribution in [0.15, 0.2) is 42.5 Å². The molecule has 2 aromatic rings. The summed E-state index contributed by atoms with van der Waals surface area (Å²) in [6.45, 7) is 8.25. The maximum Gasteiger partial charge on any atom is 0.251 e. The van der Waals surface area contributed by atoms with Crippen molar-refractivity contribution in [3.05, 3.63) is 53.6 Å². The lowest BCUT2D eigenvalue weighted by Crippen LogP contribution is -2.47. The molecule has 0 radical (unpaired) electrons. The third-order valence-corrected chi connectivity index (χ3v) is 5.31. The van der Waals surface area contributed by atoms with Crippen LogP contribution >= 0.6 is 0 Å². The third-order valence-electron chi connectivity index (χ3n) is 5.31. The number of amides is 1. The summed E-state index contributed by atoms with van der Waals surface area (Å²) in [6.07, 6.45) is 0.945. The number of nitrogens with one attached hydrogen (secondary N) is 1. The molecule has 0 bridgehead atoms. The molecule has 1 saturated heterocycles. The minimum atomic E-state index is -0.0671. The Kier molecular flexibility index (Phi) is 5.67. The second kappa shape index (κ2) is 8.52. The second-order valence-corrected chi connectivity index (χ2v) is 7.35. The molecule has 0 saturated carbocycles. The summed E-state index contributed by atoms with van der Waals surface area (Å²) in [5, 5.41) is 3.00. The highest BCUT2D eigenvalue weighted by molar-refractivity contribution is 5.94. The van der Waals surface area contributed by atoms with Crippen molar-refractivity contribution in [2.24, 2.45) is 0 Å². The van der Waals surface area contributed by atoms with E-state index in [4.69, 9.17) is 9.47 Å². The number of nitrogens with zero attached hydrogens (tertiary/aromatic N) is 2. The molecular weight excluding hydrogens is 354 g/mol. The predicted molar refractivity (Wildman–Crippen MR) is 109 cm³/mol. The lowest BCUT2D eigenvalue weighted by Gasteiger charge is -2.36. The fourth-order valence-corrected chi connectivity index (χ4v) is 3.70. The molecule has 2 aromatic carbocycles. The number of anilines is 1. The van der Waals surface area contributed by atoms with E-state index < -0.39 is 0 Å². The Morgan fingerprint density at radius 2 is 1.86 bits per heavy atom. The molecule has 0 unspecified atom stereocenters. The number of hydrogen-bond donors (Lipinski definition) is 1. The van der Waals surface area contributed by atoms with E-state index in [1.54, 1.807) is 18.2 Å². The molecule has 6 nitrogen and oxygen atoms in total. The van der Waals surface area contributed by atoms with Crippen molar-refractivity contribution in [2.45, 2.75) is 13.3 Å². The normalized spacial score (nSPS) is 16.2. The first-order valence-electron chi connectivity index (χ1n) is 9.91. The molecule has 1 N–H and O–H groups in total. The van der Waals surface area contributed by atoms with Crippen molar-refractivity contribution in [1.29, 1.82) is 0 Å². The maximum atomic E-state index is 12.3. The molecule has 148 valence electrons. The number of benzene rings is 2. The van der Waals surface area contributed by atoms with Crippen LogP contribution in [-0.2, 0) is 0 Å². The highest BCUT2D eigenvalue weighted by Gasteiger charge is 2.18. The van der Waals surface area contributed by atoms with E-state index in [1.165, 1.54) is 11.3 Å². The number of piperazine rings is 1. The first kappa shape index (κ1) is 18.6. The Balaban J connectivity index is 1.17. The van der Waals surface area contributed by atoms with E-state index in [1.807, 2.05) is 0 Å². The number of carbonyl (C=O) groups excluding carboxylic acids is 1. The fourth-order valence-electron chi connectivity index (χ4n) is 3.70. The lowest BCUT2D eigenvalue weighted by atomic mass is 10.2. The number of fused-ring (bicyclic) bond motifs is 1. The molecule has 1 amide bonds. The van der Waals surface area contributed by atoms with Gasteiger partial charge in [-0.15, -0.1) is 0 Å². The molecule has 2 aliphatic heterocycles. The molecule has 4 rings (SSSR count). The topological polar surface area (TPSA) is 54.0 Å². The van der Waals surface area contributed by atoms with Crippen LogP contribution in [0.3, 0.4) is 0 Å². The standard InChI is InChI=1S/C22H27N3O3/c1-17-4-2-5-19(14-17)25-12-10-24(11-13-25)9-3-8-23-22(26)18-6-7-20-21(15-18)28-16-27-20/h2,4-7,14-15H,3,8-13,16H2,1H3,(H,23,26). The Morgan fingerprint density at radius 1 is 1.04 bits per heavy atom. The number of hydrogen-bond acceptors (Lipinski definition) is 5. The zero-order valence-corrected chi connectivity index (χ0v) is 16.3. The van der Waals surface area contributed by atoms with Crippen LogP contribution in [0.25, 0.3) is 0 Å². The number of aryl methyl sites for hydroxylation is 1. The van der Waals surface area contributed by atoms with Gasteiger partial charge in [-0.25, -0.2) is 0 Å². The SMILES string of the molecule is Cc1cccc(N2CCN(CCCNC(=O)c3ccc4c(c3)OCO4)CC2)c1. The number of rotatable bonds is 6. The van der Waals surface area contributed by atoms with Gasteiger partial charge in [-0.2, -0.15) is 0 Å². The minimum Gasteiger partial charge on any atom is -0.454 e. The summed E-state index contributed by atoms with van der Waals surface area (Å²) in [5.74, 6) is 1.27. The summed E-state index contributed by atoms with van der Waals surface area (Å²) < 4.78 is 10.6. The highest BCUT2D eigenvalue weighted by Crippen LogP contribution is 2.32. The van der Waals surface area contributed by atoms with E-state index in [2.05, 4.69) is 46.3 Å². The molecule has 6 heteroatoms. The van der Waals surface area contributed by atoms with E-state index >= 15 is 0 Å². The van der Waals surface area contributed by atoms with Gasteiger partial charge in [-0.05, 0) is 55.8 Å². The van der Waals surface area contributed by atoms with Crippen molar-refractivity contribution >= 4 is 11.6 Å². The fraction of sp³-hybridized carbons (Fsp3) is 0.409. The summed E-state index contributed by atoms with van der Waals surface area (Å²) in [5.41, 5.74) is 3.23. The van der Waals surface area contributed by atoms with E-state index in [-0.39, 0.29) is 12.7 Å². The Labute approximate surface area is 166 Å². The minimum absolute atomic E-state index is 0.0671. The molecular formula is C22H27N3O3. The van der Waals surface area contributed by atoms with Crippen LogP contribution in [0.5, 0.6) is 11.5 Å². The van der Waals surface area contributed by atoms with Crippen molar-refractivity contribution in [2.75, 3.05) is 51.0 Å². The summed E-state index contributed by atoms with van der Waals surface area (Å²) in [4.78, 5) is 17.2. The van der Waals surface area contributed by atoms with Crippen LogP contribution in [0.4, 0.5) is 5.69 Å². The van der Waals surface area contributed by atoms with Crippen LogP contribution in [0.2, 0.25) is 0 Å². The number of ether oxygens (including phenoxy) is 2. The molecule has 0 aliphatic carbocycles. The Morgan fingerprint density at radius 3 is 2.68 bits per heavy atom. The highest BCUT2D eigenvalue weighted by atomic mass is 16.7. The van der Waals surface area contributed by atoms with Crippen LogP contribution in [0, 0.1) is 6.92 Å². The van der Waals surface area contributed by atoms with Gasteiger partial charge < -0.3 is 19.7 Å². The molecule has 0 aromatic heterocycles. The van der Waals surface area contributed by atoms with Gasteiger partial charge in [0.2, 0.25) is 6.79 Å². The maximum absolute atomic E-state index is 12.3. The molecule has 1 fully saturated rings. The van der Waals surface area contributed by atoms with Gasteiger partial charge in [-0.1, -0.05) is 12.1 Å². The van der Waals surface area contributed by atoms with Crippen molar-refractivity contribution in [3.8, 4) is 11.5 Å². The summed E-state index contributed by atoms with van der Waals surface area (Å²) in [6, 6.07) is 14.0. The molecule has 28 heavy (non-hydrogen) atoms. The molecule has 2 heterocycles. The second-order valence-electron chi connectivity index (χ2n) is 7.35. The zero-order valence-electron chi connectivity index (χ0n) is 16.3. The lowest BCUT2D eigenvalue weighted by molar-refractivity contribution is 0.0951. The smallest absolute Gasteiger partial charge is 0.251 e. The third kappa shape index (κ3) is 4.39. The largest absolute Gasteiger partial charge is 0.454 e. The van der Waals surface area contributed by atoms with Gasteiger partial charge in [0.15, 0.2) is 11.5 Å². The first-order valence-corrected chi connectivity index (χ1v) is 9.91. The van der Waals surface area contributed by atoms with Gasteiger partial charge in [0.05, 0.1) is 0 Å². The number of carbonyl (C=O) groups is 1. The molecule has 2 aliphatic rings. The van der Waals surface area contributed by atoms with Gasteiger partial charge in [0.1, 0.15) is 0 Å². The average Bonchev–Trinajstić information content (AvgIpc) is 3.19. The van der Waals surface area contributed by atoms with Crippen LogP contribution in [-0.4, -0.2) is 56.9 Å². The Bertz CT molecular complexity index is 832. The Hall–Kier alpha value is -2.73. The average molecular weight is 381 g/mol. The summed E-state index contributed by atoms with van der Waals surface area (Å²) >= 11 is 0. The predicted octanol–water partition coefficient (Wildman–Crippen LogP) is 2.67. The first-order chi connectivity index (χ1) is 13.7. The molecule has 0 atom stereocenters. The summed E-state index contributed by atoms with van der Waals surface area (Å²) in [7, 11) is 0. The molecule has 0 spiro atoms. The van der Waals surface area contributed by atoms with E-state index in [0.29, 0.717) is 23.6 Å². The van der Waals surface area contributed by atoms with Crippen molar-refractivity contribution in [1.82, 2.24) is 10.2 Å². The van der Waals surface area contributed by atoms with Gasteiger partial charge in [0, 0.05) is 44.0 Å². The van der Waals surface area contributed by atoms with E-state index in [9.17, 15) is 4.79 Å². The quantitative estimate of drug-likeness (QED) is 0.780. The van der Waals surface area contributed by atoms with Crippen LogP contribution in [0.1, 0.15) is 22.3 Å². The van der Waals surface area contributed by atoms with Crippen molar-refractivity contribution < 1.29 is 14.3 Å². The van der Waals surface area contributed by atoms with E-state index in [0.717, 1.165) is 39.1 Å². The van der Waals surface area contributed by atoms with Gasteiger partial charge in [0.25, 0.3) is 5.91 Å². The van der Waals surface area contributed by atoms with Crippen LogP contribution < -0.4 is 19.7 Å². The van der Waals surface area contributed by atoms with Gasteiger partial charge in [-0.3, -0.25) is 9.69 Å².